The van der Waals surface area contributed by atoms with Crippen molar-refractivity contribution in [2.45, 2.75) is 18.5 Å². The minimum atomic E-state index is -0.510. The number of nitrogens with one attached hydrogen (secondary N) is 2. The molecular formula is C18H24ClN5O3. The minimum absolute atomic E-state index is 0. The van der Waals surface area contributed by atoms with Gasteiger partial charge in [0.1, 0.15) is 11.8 Å². The Hall–Kier alpha value is -2.58. The van der Waals surface area contributed by atoms with Gasteiger partial charge in [0.2, 0.25) is 11.8 Å². The number of carbonyl (C=O) groups is 2. The molecular weight excluding hydrogens is 370 g/mol. The van der Waals surface area contributed by atoms with E-state index >= 15 is 0 Å². The molecule has 1 aliphatic heterocycles. The molecule has 0 saturated carbocycles. The number of rotatable bonds is 6. The highest BCUT2D eigenvalue weighted by Crippen LogP contribution is 2.25. The number of hydrogen-bond acceptors (Lipinski definition) is 5. The van der Waals surface area contributed by atoms with Crippen LogP contribution in [0.1, 0.15) is 18.0 Å². The van der Waals surface area contributed by atoms with Crippen molar-refractivity contribution >= 4 is 29.9 Å². The molecule has 146 valence electrons. The average Bonchev–Trinajstić information content (AvgIpc) is 3.21. The number of benzene rings is 1. The third-order valence-electron chi connectivity index (χ3n) is 4.45. The standard InChI is InChI=1S/C18H23N5O3.ClH/c1-19-17(12-9-20-22(2)10-12)18(25)21-13-7-16(24)23(11-13)14-5-4-6-15(8-14)26-3;/h4-6,8-10,13,17,19H,7,11H2,1-3H3,(H,21,25);1H. The van der Waals surface area contributed by atoms with Crippen molar-refractivity contribution in [1.29, 1.82) is 0 Å². The number of hydrogen-bond donors (Lipinski definition) is 2. The van der Waals surface area contributed by atoms with E-state index in [2.05, 4.69) is 15.7 Å². The fraction of sp³-hybridized carbons (Fsp3) is 0.389. The molecule has 2 heterocycles. The molecule has 3 rings (SSSR count). The van der Waals surface area contributed by atoms with Crippen molar-refractivity contribution in [3.8, 4) is 5.75 Å². The lowest BCUT2D eigenvalue weighted by molar-refractivity contribution is -0.123. The molecule has 0 spiro atoms. The van der Waals surface area contributed by atoms with Gasteiger partial charge in [0.15, 0.2) is 0 Å². The van der Waals surface area contributed by atoms with E-state index in [-0.39, 0.29) is 36.7 Å². The Balaban J connectivity index is 0.00000261. The number of carbonyl (C=O) groups excluding carboxylic acids is 2. The lowest BCUT2D eigenvalue weighted by Gasteiger charge is -2.20. The quantitative estimate of drug-likeness (QED) is 0.765. The topological polar surface area (TPSA) is 88.5 Å². The summed E-state index contributed by atoms with van der Waals surface area (Å²) in [7, 11) is 5.11. The number of methoxy groups -OCH3 is 1. The maximum absolute atomic E-state index is 12.6. The highest BCUT2D eigenvalue weighted by atomic mass is 35.5. The monoisotopic (exact) mass is 393 g/mol. The second-order valence-corrected chi connectivity index (χ2v) is 6.28. The molecule has 27 heavy (non-hydrogen) atoms. The number of likely N-dealkylation sites (N-methyl/N-ethyl adjacent to an activating group) is 1. The first kappa shape index (κ1) is 20.7. The van der Waals surface area contributed by atoms with Crippen LogP contribution in [0, 0.1) is 0 Å². The summed E-state index contributed by atoms with van der Waals surface area (Å²) in [5.74, 6) is 0.492. The lowest BCUT2D eigenvalue weighted by Crippen LogP contribution is -2.43. The predicted molar refractivity (Wildman–Crippen MR) is 104 cm³/mol. The van der Waals surface area contributed by atoms with E-state index in [1.54, 1.807) is 43.2 Å². The van der Waals surface area contributed by atoms with Crippen LogP contribution in [-0.2, 0) is 16.6 Å². The van der Waals surface area contributed by atoms with Gasteiger partial charge in [-0.25, -0.2) is 0 Å². The van der Waals surface area contributed by atoms with E-state index < -0.39 is 6.04 Å². The first-order valence-electron chi connectivity index (χ1n) is 8.42. The largest absolute Gasteiger partial charge is 0.497 e. The van der Waals surface area contributed by atoms with Crippen molar-refractivity contribution in [3.63, 3.8) is 0 Å². The van der Waals surface area contributed by atoms with Gasteiger partial charge in [-0.05, 0) is 19.2 Å². The summed E-state index contributed by atoms with van der Waals surface area (Å²) < 4.78 is 6.86. The second kappa shape index (κ2) is 8.88. The van der Waals surface area contributed by atoms with Gasteiger partial charge in [0, 0.05) is 43.5 Å². The van der Waals surface area contributed by atoms with Crippen LogP contribution in [0.3, 0.4) is 0 Å². The molecule has 1 saturated heterocycles. The molecule has 1 fully saturated rings. The Morgan fingerprint density at radius 1 is 1.41 bits per heavy atom. The molecule has 2 unspecified atom stereocenters. The van der Waals surface area contributed by atoms with Crippen molar-refractivity contribution in [3.05, 3.63) is 42.2 Å². The predicted octanol–water partition coefficient (Wildman–Crippen LogP) is 1.03. The Morgan fingerprint density at radius 2 is 2.19 bits per heavy atom. The van der Waals surface area contributed by atoms with E-state index in [1.807, 2.05) is 24.3 Å². The molecule has 1 aromatic carbocycles. The summed E-state index contributed by atoms with van der Waals surface area (Å²) in [5, 5.41) is 10.1. The molecule has 2 aromatic rings. The summed E-state index contributed by atoms with van der Waals surface area (Å²) in [6.07, 6.45) is 3.72. The van der Waals surface area contributed by atoms with E-state index in [0.29, 0.717) is 12.3 Å². The number of aryl methyl sites for hydroxylation is 1. The Labute approximate surface area is 164 Å². The zero-order valence-electron chi connectivity index (χ0n) is 15.5. The van der Waals surface area contributed by atoms with Gasteiger partial charge in [0.25, 0.3) is 0 Å². The summed E-state index contributed by atoms with van der Waals surface area (Å²) in [6.45, 7) is 0.432. The number of amides is 2. The maximum atomic E-state index is 12.6. The smallest absolute Gasteiger partial charge is 0.242 e. The van der Waals surface area contributed by atoms with Crippen molar-refractivity contribution in [2.75, 3.05) is 25.6 Å². The zero-order valence-corrected chi connectivity index (χ0v) is 16.3. The van der Waals surface area contributed by atoms with Gasteiger partial charge in [0.05, 0.1) is 19.3 Å². The second-order valence-electron chi connectivity index (χ2n) is 6.28. The molecule has 0 bridgehead atoms. The zero-order chi connectivity index (χ0) is 18.7. The molecule has 9 heteroatoms. The molecule has 0 radical (unpaired) electrons. The van der Waals surface area contributed by atoms with E-state index in [0.717, 1.165) is 11.3 Å². The van der Waals surface area contributed by atoms with Gasteiger partial charge in [-0.15, -0.1) is 12.4 Å². The SMILES string of the molecule is CNC(C(=O)NC1CC(=O)N(c2cccc(OC)c2)C1)c1cnn(C)c1.Cl. The van der Waals surface area contributed by atoms with Crippen molar-refractivity contribution in [2.24, 2.45) is 7.05 Å². The summed E-state index contributed by atoms with van der Waals surface area (Å²) in [6, 6.07) is 6.59. The molecule has 0 aliphatic carbocycles. The first-order valence-corrected chi connectivity index (χ1v) is 8.42. The third-order valence-corrected chi connectivity index (χ3v) is 4.45. The summed E-state index contributed by atoms with van der Waals surface area (Å²) in [4.78, 5) is 26.7. The van der Waals surface area contributed by atoms with E-state index in [9.17, 15) is 9.59 Å². The number of nitrogens with zero attached hydrogens (tertiary/aromatic N) is 3. The third kappa shape index (κ3) is 4.58. The molecule has 8 nitrogen and oxygen atoms in total. The highest BCUT2D eigenvalue weighted by molar-refractivity contribution is 5.97. The fourth-order valence-electron chi connectivity index (χ4n) is 3.16. The van der Waals surface area contributed by atoms with Gasteiger partial charge < -0.3 is 20.3 Å². The van der Waals surface area contributed by atoms with Crippen LogP contribution in [0.25, 0.3) is 0 Å². The molecule has 2 atom stereocenters. The number of ether oxygens (including phenoxy) is 1. The van der Waals surface area contributed by atoms with Crippen LogP contribution in [0.4, 0.5) is 5.69 Å². The number of halogens is 1. The van der Waals surface area contributed by atoms with E-state index in [4.69, 9.17) is 4.74 Å². The summed E-state index contributed by atoms with van der Waals surface area (Å²) in [5.41, 5.74) is 1.55. The normalized spacial score (nSPS) is 17.4. The molecule has 2 N–H and O–H groups in total. The Morgan fingerprint density at radius 3 is 2.81 bits per heavy atom. The van der Waals surface area contributed by atoms with Crippen LogP contribution < -0.4 is 20.3 Å². The van der Waals surface area contributed by atoms with Crippen LogP contribution in [0.15, 0.2) is 36.7 Å². The lowest BCUT2D eigenvalue weighted by atomic mass is 10.1. The maximum Gasteiger partial charge on any atom is 0.242 e. The average molecular weight is 394 g/mol. The van der Waals surface area contributed by atoms with Crippen LogP contribution in [-0.4, -0.2) is 48.3 Å². The minimum Gasteiger partial charge on any atom is -0.497 e. The van der Waals surface area contributed by atoms with Gasteiger partial charge in [-0.3, -0.25) is 14.3 Å². The van der Waals surface area contributed by atoms with Crippen molar-refractivity contribution in [1.82, 2.24) is 20.4 Å². The van der Waals surface area contributed by atoms with Crippen LogP contribution >= 0.6 is 12.4 Å². The fourth-order valence-corrected chi connectivity index (χ4v) is 3.16. The number of aromatic nitrogens is 2. The van der Waals surface area contributed by atoms with Gasteiger partial charge in [-0.1, -0.05) is 6.07 Å². The van der Waals surface area contributed by atoms with Gasteiger partial charge in [-0.2, -0.15) is 5.10 Å². The number of anilines is 1. The van der Waals surface area contributed by atoms with Gasteiger partial charge >= 0.3 is 0 Å². The van der Waals surface area contributed by atoms with Crippen molar-refractivity contribution < 1.29 is 14.3 Å². The van der Waals surface area contributed by atoms with Crippen LogP contribution in [0.2, 0.25) is 0 Å². The van der Waals surface area contributed by atoms with Crippen LogP contribution in [0.5, 0.6) is 5.75 Å². The Kier molecular flexibility index (Phi) is 6.81. The molecule has 1 aromatic heterocycles. The summed E-state index contributed by atoms with van der Waals surface area (Å²) >= 11 is 0. The molecule has 1 aliphatic rings. The Bertz CT molecular complexity index is 810. The highest BCUT2D eigenvalue weighted by Gasteiger charge is 2.33. The first-order chi connectivity index (χ1) is 12.5. The van der Waals surface area contributed by atoms with E-state index in [1.165, 1.54) is 0 Å². The molecule has 2 amide bonds.